The minimum atomic E-state index is -4.83. The van der Waals surface area contributed by atoms with Gasteiger partial charge in [0, 0.05) is 18.6 Å². The van der Waals surface area contributed by atoms with Gasteiger partial charge in [0.1, 0.15) is 6.04 Å². The SMILES string of the molecule is CC(=O)OC(F)(F)F.O=C(O)C(NCCCc1ccc[nH+]c1)c1ccccc1. The first kappa shape index (κ1) is 23.1. The quantitative estimate of drug-likeness (QED) is 0.552. The van der Waals surface area contributed by atoms with E-state index in [1.54, 1.807) is 0 Å². The molecule has 0 saturated heterocycles. The van der Waals surface area contributed by atoms with Crippen LogP contribution in [0, 0.1) is 0 Å². The summed E-state index contributed by atoms with van der Waals surface area (Å²) in [4.78, 5) is 23.9. The smallest absolute Gasteiger partial charge is 0.480 e. The Morgan fingerprint density at radius 3 is 2.32 bits per heavy atom. The Hall–Kier alpha value is -2.94. The summed E-state index contributed by atoms with van der Waals surface area (Å²) in [5.41, 5.74) is 2.01. The number of halogens is 3. The van der Waals surface area contributed by atoms with Gasteiger partial charge in [-0.1, -0.05) is 30.3 Å². The number of benzene rings is 1. The highest BCUT2D eigenvalue weighted by Gasteiger charge is 2.32. The van der Waals surface area contributed by atoms with Gasteiger partial charge in [-0.25, -0.2) is 4.98 Å². The van der Waals surface area contributed by atoms with Crippen molar-refractivity contribution < 1.29 is 37.6 Å². The molecule has 2 rings (SSSR count). The predicted molar refractivity (Wildman–Crippen MR) is 94.0 cm³/mol. The first-order valence-corrected chi connectivity index (χ1v) is 8.41. The van der Waals surface area contributed by atoms with Gasteiger partial charge in [0.25, 0.3) is 0 Å². The van der Waals surface area contributed by atoms with Crippen LogP contribution in [0.15, 0.2) is 54.9 Å². The Morgan fingerprint density at radius 2 is 1.86 bits per heavy atom. The average Bonchev–Trinajstić information content (AvgIpc) is 2.61. The van der Waals surface area contributed by atoms with Crippen molar-refractivity contribution in [3.8, 4) is 0 Å². The number of aromatic amines is 1. The number of carbonyl (C=O) groups is 2. The fraction of sp³-hybridized carbons (Fsp3) is 0.316. The first-order chi connectivity index (χ1) is 13.2. The van der Waals surface area contributed by atoms with Gasteiger partial charge in [0.2, 0.25) is 0 Å². The molecule has 6 nitrogen and oxygen atoms in total. The third-order valence-corrected chi connectivity index (χ3v) is 3.40. The number of carbonyl (C=O) groups excluding carboxylic acids is 1. The van der Waals surface area contributed by atoms with Crippen LogP contribution in [0.1, 0.15) is 30.5 Å². The Morgan fingerprint density at radius 1 is 1.18 bits per heavy atom. The van der Waals surface area contributed by atoms with Crippen LogP contribution in [0.5, 0.6) is 0 Å². The van der Waals surface area contributed by atoms with Crippen molar-refractivity contribution in [2.45, 2.75) is 32.2 Å². The highest BCUT2D eigenvalue weighted by atomic mass is 19.4. The van der Waals surface area contributed by atoms with Gasteiger partial charge in [-0.2, -0.15) is 0 Å². The molecule has 0 bridgehead atoms. The molecule has 1 aromatic heterocycles. The lowest BCUT2D eigenvalue weighted by atomic mass is 10.1. The van der Waals surface area contributed by atoms with Crippen molar-refractivity contribution >= 4 is 11.9 Å². The van der Waals surface area contributed by atoms with E-state index in [9.17, 15) is 27.9 Å². The van der Waals surface area contributed by atoms with Crippen LogP contribution >= 0.6 is 0 Å². The molecular formula is C19H22F3N2O4+. The van der Waals surface area contributed by atoms with Crippen LogP contribution in [-0.4, -0.2) is 30.0 Å². The van der Waals surface area contributed by atoms with Crippen molar-refractivity contribution in [2.24, 2.45) is 0 Å². The average molecular weight is 399 g/mol. The molecule has 0 aliphatic rings. The molecule has 0 aliphatic carbocycles. The van der Waals surface area contributed by atoms with Crippen LogP contribution < -0.4 is 10.3 Å². The summed E-state index contributed by atoms with van der Waals surface area (Å²) < 4.78 is 35.4. The number of nitrogens with one attached hydrogen (secondary N) is 2. The van der Waals surface area contributed by atoms with E-state index in [1.165, 1.54) is 5.56 Å². The van der Waals surface area contributed by atoms with Crippen molar-refractivity contribution in [3.05, 3.63) is 66.0 Å². The summed E-state index contributed by atoms with van der Waals surface area (Å²) >= 11 is 0. The van der Waals surface area contributed by atoms with Crippen LogP contribution in [0.25, 0.3) is 0 Å². The molecule has 2 aromatic rings. The fourth-order valence-corrected chi connectivity index (χ4v) is 2.28. The largest absolute Gasteiger partial charge is 0.575 e. The molecule has 152 valence electrons. The van der Waals surface area contributed by atoms with E-state index < -0.39 is 24.3 Å². The third kappa shape index (κ3) is 10.3. The summed E-state index contributed by atoms with van der Waals surface area (Å²) in [6.07, 6.45) is 0.829. The van der Waals surface area contributed by atoms with Gasteiger partial charge < -0.3 is 15.2 Å². The topological polar surface area (TPSA) is 89.8 Å². The standard InChI is InChI=1S/C16H18N2O2.C3H3F3O2/c19-16(20)15(14-8-2-1-3-9-14)18-11-5-7-13-6-4-10-17-12-13;1-2(7)8-3(4,5)6/h1-4,6,8-10,12,15,18H,5,7,11H2,(H,19,20);1H3/p+1. The molecule has 1 heterocycles. The number of H-pyrrole nitrogens is 1. The molecule has 28 heavy (non-hydrogen) atoms. The second-order valence-corrected chi connectivity index (χ2v) is 5.69. The van der Waals surface area contributed by atoms with E-state index in [-0.39, 0.29) is 0 Å². The molecule has 1 atom stereocenters. The summed E-state index contributed by atoms with van der Waals surface area (Å²) in [6.45, 7) is 1.36. The second kappa shape index (κ2) is 11.7. The van der Waals surface area contributed by atoms with Gasteiger partial charge >= 0.3 is 18.3 Å². The van der Waals surface area contributed by atoms with Crippen molar-refractivity contribution in [2.75, 3.05) is 6.54 Å². The maximum atomic E-state index is 11.3. The lowest BCUT2D eigenvalue weighted by Gasteiger charge is -2.14. The molecule has 0 fully saturated rings. The van der Waals surface area contributed by atoms with Gasteiger partial charge in [-0.15, -0.1) is 13.2 Å². The molecular weight excluding hydrogens is 377 g/mol. The zero-order valence-corrected chi connectivity index (χ0v) is 15.2. The van der Waals surface area contributed by atoms with Crippen molar-refractivity contribution in [1.29, 1.82) is 0 Å². The van der Waals surface area contributed by atoms with Gasteiger partial charge in [-0.05, 0) is 31.0 Å². The van der Waals surface area contributed by atoms with E-state index in [1.807, 2.05) is 48.8 Å². The third-order valence-electron chi connectivity index (χ3n) is 3.40. The van der Waals surface area contributed by atoms with E-state index >= 15 is 0 Å². The summed E-state index contributed by atoms with van der Waals surface area (Å²) in [7, 11) is 0. The predicted octanol–water partition coefficient (Wildman–Crippen LogP) is 2.92. The zero-order chi connectivity index (χ0) is 21.0. The molecule has 1 unspecified atom stereocenters. The van der Waals surface area contributed by atoms with Crippen LogP contribution in [0.4, 0.5) is 13.2 Å². The molecule has 0 aliphatic heterocycles. The number of hydrogen-bond donors (Lipinski definition) is 2. The monoisotopic (exact) mass is 399 g/mol. The number of rotatable bonds is 7. The Bertz CT molecular complexity index is 725. The van der Waals surface area contributed by atoms with Crippen molar-refractivity contribution in [3.63, 3.8) is 0 Å². The van der Waals surface area contributed by atoms with E-state index in [0.717, 1.165) is 18.4 Å². The van der Waals surface area contributed by atoms with E-state index in [0.29, 0.717) is 13.5 Å². The molecule has 1 aromatic carbocycles. The van der Waals surface area contributed by atoms with E-state index in [4.69, 9.17) is 0 Å². The normalized spacial score (nSPS) is 11.7. The highest BCUT2D eigenvalue weighted by Crippen LogP contribution is 2.15. The Balaban J connectivity index is 0.000000416. The number of carboxylic acids is 1. The summed E-state index contributed by atoms with van der Waals surface area (Å²) in [5, 5.41) is 12.4. The van der Waals surface area contributed by atoms with Crippen LogP contribution in [0.3, 0.4) is 0 Å². The fourth-order valence-electron chi connectivity index (χ4n) is 2.28. The van der Waals surface area contributed by atoms with Crippen LogP contribution in [-0.2, 0) is 20.7 Å². The number of esters is 1. The summed E-state index contributed by atoms with van der Waals surface area (Å²) in [5.74, 6) is -2.19. The molecule has 0 radical (unpaired) electrons. The number of alkyl halides is 3. The molecule has 3 N–H and O–H groups in total. The number of carboxylic acid groups (broad SMARTS) is 1. The van der Waals surface area contributed by atoms with Gasteiger partial charge in [0.05, 0.1) is 0 Å². The first-order valence-electron chi connectivity index (χ1n) is 8.41. The van der Waals surface area contributed by atoms with Crippen LogP contribution in [0.2, 0.25) is 0 Å². The minimum Gasteiger partial charge on any atom is -0.480 e. The lowest BCUT2D eigenvalue weighted by Crippen LogP contribution is -2.29. The van der Waals surface area contributed by atoms with Crippen molar-refractivity contribution in [1.82, 2.24) is 5.32 Å². The Kier molecular flexibility index (Phi) is 9.66. The van der Waals surface area contributed by atoms with Gasteiger partial charge in [-0.3, -0.25) is 9.59 Å². The number of aryl methyl sites for hydroxylation is 1. The molecule has 0 saturated carbocycles. The highest BCUT2D eigenvalue weighted by molar-refractivity contribution is 5.75. The second-order valence-electron chi connectivity index (χ2n) is 5.69. The number of pyridine rings is 1. The zero-order valence-electron chi connectivity index (χ0n) is 15.2. The number of aromatic nitrogens is 1. The lowest BCUT2D eigenvalue weighted by molar-refractivity contribution is -0.378. The minimum absolute atomic E-state index is 0.640. The van der Waals surface area contributed by atoms with E-state index in [2.05, 4.69) is 21.1 Å². The molecule has 0 spiro atoms. The van der Waals surface area contributed by atoms with Gasteiger partial charge in [0.15, 0.2) is 12.4 Å². The summed E-state index contributed by atoms with van der Waals surface area (Å²) in [6, 6.07) is 12.6. The number of ether oxygens (including phenoxy) is 1. The molecule has 0 amide bonds. The molecule has 9 heteroatoms. The maximum Gasteiger partial charge on any atom is 0.575 e. The maximum absolute atomic E-state index is 11.3. The number of hydrogen-bond acceptors (Lipinski definition) is 4. The number of aliphatic carboxylic acids is 1. The Labute approximate surface area is 160 Å².